The zero-order valence-corrected chi connectivity index (χ0v) is 16.4. The molecule has 0 fully saturated rings. The third kappa shape index (κ3) is 4.22. The zero-order valence-electron chi connectivity index (χ0n) is 16.4. The SMILES string of the molecule is CN=C(NCCc1c[nH]c2ccccc12)NCc1ncc(C)c(OC)c1C. The van der Waals surface area contributed by atoms with Crippen molar-refractivity contribution in [2.75, 3.05) is 20.7 Å². The maximum atomic E-state index is 5.47. The standard InChI is InChI=1S/C21H27N5O/c1-14-11-24-19(15(2)20(14)27-4)13-26-21(22-3)23-10-9-16-12-25-18-8-6-5-7-17(16)18/h5-8,11-12,25H,9-10,13H2,1-4H3,(H2,22,23,26). The second-order valence-corrected chi connectivity index (χ2v) is 6.51. The van der Waals surface area contributed by atoms with Gasteiger partial charge in [-0.1, -0.05) is 18.2 Å². The van der Waals surface area contributed by atoms with Gasteiger partial charge in [-0.25, -0.2) is 0 Å². The summed E-state index contributed by atoms with van der Waals surface area (Å²) in [4.78, 5) is 12.1. The molecule has 0 aliphatic heterocycles. The molecule has 0 aliphatic rings. The summed E-state index contributed by atoms with van der Waals surface area (Å²) in [5.74, 6) is 1.65. The number of nitrogens with zero attached hydrogens (tertiary/aromatic N) is 2. The van der Waals surface area contributed by atoms with Crippen LogP contribution in [-0.2, 0) is 13.0 Å². The van der Waals surface area contributed by atoms with Crippen LogP contribution in [0.25, 0.3) is 10.9 Å². The van der Waals surface area contributed by atoms with Crippen LogP contribution < -0.4 is 15.4 Å². The number of hydrogen-bond acceptors (Lipinski definition) is 3. The van der Waals surface area contributed by atoms with E-state index in [1.807, 2.05) is 26.1 Å². The van der Waals surface area contributed by atoms with Crippen LogP contribution in [0.3, 0.4) is 0 Å². The molecule has 3 N–H and O–H groups in total. The second kappa shape index (κ2) is 8.58. The summed E-state index contributed by atoms with van der Waals surface area (Å²) >= 11 is 0. The van der Waals surface area contributed by atoms with E-state index in [1.54, 1.807) is 14.2 Å². The fraction of sp³-hybridized carbons (Fsp3) is 0.333. The van der Waals surface area contributed by atoms with Crippen LogP contribution in [0.2, 0.25) is 0 Å². The van der Waals surface area contributed by atoms with Crippen LogP contribution in [0.4, 0.5) is 0 Å². The molecule has 142 valence electrons. The highest BCUT2D eigenvalue weighted by Crippen LogP contribution is 2.23. The quantitative estimate of drug-likeness (QED) is 0.464. The van der Waals surface area contributed by atoms with E-state index in [-0.39, 0.29) is 0 Å². The highest BCUT2D eigenvalue weighted by atomic mass is 16.5. The number of nitrogens with one attached hydrogen (secondary N) is 3. The Morgan fingerprint density at radius 1 is 1.22 bits per heavy atom. The van der Waals surface area contributed by atoms with Gasteiger partial charge in [0.25, 0.3) is 0 Å². The van der Waals surface area contributed by atoms with Gasteiger partial charge in [0.05, 0.1) is 19.3 Å². The van der Waals surface area contributed by atoms with Crippen molar-refractivity contribution in [3.63, 3.8) is 0 Å². The summed E-state index contributed by atoms with van der Waals surface area (Å²) in [7, 11) is 3.47. The molecular formula is C21H27N5O. The summed E-state index contributed by atoms with van der Waals surface area (Å²) in [6.07, 6.45) is 4.84. The predicted octanol–water partition coefficient (Wildman–Crippen LogP) is 3.10. The Bertz CT molecular complexity index is 945. The van der Waals surface area contributed by atoms with Crippen molar-refractivity contribution in [3.8, 4) is 5.75 Å². The number of guanidine groups is 1. The molecular weight excluding hydrogens is 338 g/mol. The molecule has 0 saturated heterocycles. The van der Waals surface area contributed by atoms with Gasteiger partial charge in [-0.05, 0) is 31.9 Å². The Morgan fingerprint density at radius 3 is 2.81 bits per heavy atom. The maximum absolute atomic E-state index is 5.47. The monoisotopic (exact) mass is 365 g/mol. The highest BCUT2D eigenvalue weighted by Gasteiger charge is 2.10. The van der Waals surface area contributed by atoms with Gasteiger partial charge < -0.3 is 20.4 Å². The lowest BCUT2D eigenvalue weighted by Crippen LogP contribution is -2.38. The second-order valence-electron chi connectivity index (χ2n) is 6.51. The molecule has 0 aliphatic carbocycles. The Labute approximate surface area is 160 Å². The molecule has 0 bridgehead atoms. The third-order valence-electron chi connectivity index (χ3n) is 4.76. The lowest BCUT2D eigenvalue weighted by Gasteiger charge is -2.15. The minimum absolute atomic E-state index is 0.592. The van der Waals surface area contributed by atoms with Crippen LogP contribution in [-0.4, -0.2) is 36.6 Å². The van der Waals surface area contributed by atoms with Gasteiger partial charge in [-0.2, -0.15) is 0 Å². The molecule has 1 aromatic carbocycles. The first-order chi connectivity index (χ1) is 13.1. The molecule has 2 aromatic heterocycles. The number of methoxy groups -OCH3 is 1. The molecule has 0 unspecified atom stereocenters. The third-order valence-corrected chi connectivity index (χ3v) is 4.76. The number of aryl methyl sites for hydroxylation is 1. The van der Waals surface area contributed by atoms with Gasteiger partial charge in [-0.15, -0.1) is 0 Å². The molecule has 27 heavy (non-hydrogen) atoms. The molecule has 3 aromatic rings. The summed E-state index contributed by atoms with van der Waals surface area (Å²) in [5.41, 5.74) is 5.52. The van der Waals surface area contributed by atoms with E-state index in [2.05, 4.69) is 50.0 Å². The Kier molecular flexibility index (Phi) is 5.96. The topological polar surface area (TPSA) is 74.3 Å². The Hall–Kier alpha value is -3.02. The summed E-state index contributed by atoms with van der Waals surface area (Å²) < 4.78 is 5.47. The highest BCUT2D eigenvalue weighted by molar-refractivity contribution is 5.83. The fourth-order valence-electron chi connectivity index (χ4n) is 3.29. The number of benzene rings is 1. The van der Waals surface area contributed by atoms with Gasteiger partial charge in [0.15, 0.2) is 5.96 Å². The van der Waals surface area contributed by atoms with Crippen molar-refractivity contribution in [2.24, 2.45) is 4.99 Å². The average molecular weight is 365 g/mol. The van der Waals surface area contributed by atoms with Gasteiger partial charge in [0, 0.05) is 48.0 Å². The Balaban J connectivity index is 1.56. The number of fused-ring (bicyclic) bond motifs is 1. The lowest BCUT2D eigenvalue weighted by molar-refractivity contribution is 0.406. The first kappa shape index (κ1) is 18.8. The summed E-state index contributed by atoms with van der Waals surface area (Å²) in [5, 5.41) is 7.97. The van der Waals surface area contributed by atoms with E-state index < -0.39 is 0 Å². The zero-order chi connectivity index (χ0) is 19.2. The number of para-hydroxylation sites is 1. The van der Waals surface area contributed by atoms with E-state index in [9.17, 15) is 0 Å². The van der Waals surface area contributed by atoms with E-state index in [4.69, 9.17) is 4.74 Å². The molecule has 0 spiro atoms. The van der Waals surface area contributed by atoms with E-state index >= 15 is 0 Å². The average Bonchev–Trinajstić information content (AvgIpc) is 3.09. The molecule has 0 amide bonds. The minimum atomic E-state index is 0.592. The van der Waals surface area contributed by atoms with E-state index in [0.29, 0.717) is 6.54 Å². The van der Waals surface area contributed by atoms with Crippen LogP contribution in [0.1, 0.15) is 22.4 Å². The fourth-order valence-corrected chi connectivity index (χ4v) is 3.29. The van der Waals surface area contributed by atoms with Crippen molar-refractivity contribution >= 4 is 16.9 Å². The van der Waals surface area contributed by atoms with Crippen LogP contribution in [0.5, 0.6) is 5.75 Å². The van der Waals surface area contributed by atoms with Crippen LogP contribution in [0.15, 0.2) is 41.7 Å². The molecule has 2 heterocycles. The first-order valence-corrected chi connectivity index (χ1v) is 9.12. The number of ether oxygens (including phenoxy) is 1. The molecule has 3 rings (SSSR count). The van der Waals surface area contributed by atoms with E-state index in [1.165, 1.54) is 16.5 Å². The number of rotatable bonds is 6. The number of hydrogen-bond donors (Lipinski definition) is 3. The minimum Gasteiger partial charge on any atom is -0.496 e. The smallest absolute Gasteiger partial charge is 0.191 e. The molecule has 6 heteroatoms. The van der Waals surface area contributed by atoms with Crippen molar-refractivity contribution in [1.29, 1.82) is 0 Å². The summed E-state index contributed by atoms with van der Waals surface area (Å²) in [6.45, 7) is 5.42. The van der Waals surface area contributed by atoms with Crippen molar-refractivity contribution < 1.29 is 4.74 Å². The molecule has 0 radical (unpaired) electrons. The van der Waals surface area contributed by atoms with Crippen LogP contribution >= 0.6 is 0 Å². The van der Waals surface area contributed by atoms with Gasteiger partial charge in [0.2, 0.25) is 0 Å². The van der Waals surface area contributed by atoms with Crippen molar-refractivity contribution in [1.82, 2.24) is 20.6 Å². The number of pyridine rings is 1. The first-order valence-electron chi connectivity index (χ1n) is 9.12. The predicted molar refractivity (Wildman–Crippen MR) is 110 cm³/mol. The number of aromatic nitrogens is 2. The summed E-state index contributed by atoms with van der Waals surface area (Å²) in [6, 6.07) is 8.35. The maximum Gasteiger partial charge on any atom is 0.191 e. The molecule has 6 nitrogen and oxygen atoms in total. The normalized spacial score (nSPS) is 11.6. The van der Waals surface area contributed by atoms with Crippen molar-refractivity contribution in [3.05, 3.63) is 59.0 Å². The number of H-pyrrole nitrogens is 1. The van der Waals surface area contributed by atoms with Gasteiger partial charge in [-0.3, -0.25) is 9.98 Å². The van der Waals surface area contributed by atoms with Gasteiger partial charge >= 0.3 is 0 Å². The number of aliphatic imine (C=N–C) groups is 1. The number of aromatic amines is 1. The molecule has 0 atom stereocenters. The van der Waals surface area contributed by atoms with Crippen LogP contribution in [0, 0.1) is 13.8 Å². The Morgan fingerprint density at radius 2 is 2.04 bits per heavy atom. The molecule has 0 saturated carbocycles. The largest absolute Gasteiger partial charge is 0.496 e. The lowest BCUT2D eigenvalue weighted by atomic mass is 10.1. The van der Waals surface area contributed by atoms with Crippen molar-refractivity contribution in [2.45, 2.75) is 26.8 Å². The van der Waals surface area contributed by atoms with E-state index in [0.717, 1.165) is 41.5 Å². The van der Waals surface area contributed by atoms with Gasteiger partial charge in [0.1, 0.15) is 5.75 Å².